The van der Waals surface area contributed by atoms with E-state index in [9.17, 15) is 14.0 Å². The molecule has 0 radical (unpaired) electrons. The fourth-order valence-corrected chi connectivity index (χ4v) is 2.26. The van der Waals surface area contributed by atoms with Crippen molar-refractivity contribution < 1.29 is 18.7 Å². The predicted octanol–water partition coefficient (Wildman–Crippen LogP) is 2.00. The number of hydrogen-bond acceptors (Lipinski definition) is 3. The van der Waals surface area contributed by atoms with E-state index in [1.54, 1.807) is 20.2 Å². The standard InChI is InChI=1S/C17H25FN2O3/c1-11(2)8-14(17(22)20(3)4)19-16(21)10-12-6-7-15(23-5)13(18)9-12/h6-7,9,11,14H,8,10H2,1-5H3,(H,19,21)/t14-/m1/s1. The minimum absolute atomic E-state index is 0.0101. The number of amides is 2. The number of hydrogen-bond donors (Lipinski definition) is 1. The molecule has 1 rings (SSSR count). The van der Waals surface area contributed by atoms with Crippen molar-refractivity contribution in [2.24, 2.45) is 5.92 Å². The molecule has 0 spiro atoms. The van der Waals surface area contributed by atoms with Gasteiger partial charge >= 0.3 is 0 Å². The number of likely N-dealkylation sites (N-methyl/N-ethyl adjacent to an activating group) is 1. The molecule has 5 nitrogen and oxygen atoms in total. The smallest absolute Gasteiger partial charge is 0.244 e. The van der Waals surface area contributed by atoms with E-state index in [0.717, 1.165) is 0 Å². The zero-order chi connectivity index (χ0) is 17.6. The van der Waals surface area contributed by atoms with E-state index in [2.05, 4.69) is 5.32 Å². The molecule has 0 aliphatic carbocycles. The van der Waals surface area contributed by atoms with E-state index in [4.69, 9.17) is 4.74 Å². The number of rotatable bonds is 7. The number of carbonyl (C=O) groups is 2. The van der Waals surface area contributed by atoms with Gasteiger partial charge in [0.25, 0.3) is 0 Å². The van der Waals surface area contributed by atoms with Crippen LogP contribution in [0.2, 0.25) is 0 Å². The maximum Gasteiger partial charge on any atom is 0.244 e. The van der Waals surface area contributed by atoms with Gasteiger partial charge in [0.2, 0.25) is 11.8 Å². The second kappa shape index (κ2) is 8.50. The number of methoxy groups -OCH3 is 1. The first-order valence-electron chi connectivity index (χ1n) is 7.57. The molecule has 0 bridgehead atoms. The molecule has 0 heterocycles. The van der Waals surface area contributed by atoms with Gasteiger partial charge in [-0.25, -0.2) is 4.39 Å². The second-order valence-corrected chi connectivity index (χ2v) is 6.13. The molecule has 23 heavy (non-hydrogen) atoms. The van der Waals surface area contributed by atoms with Crippen molar-refractivity contribution >= 4 is 11.8 Å². The van der Waals surface area contributed by atoms with Crippen LogP contribution in [0.1, 0.15) is 25.8 Å². The summed E-state index contributed by atoms with van der Waals surface area (Å²) < 4.78 is 18.5. The zero-order valence-corrected chi connectivity index (χ0v) is 14.4. The van der Waals surface area contributed by atoms with Crippen molar-refractivity contribution in [2.45, 2.75) is 32.7 Å². The van der Waals surface area contributed by atoms with Gasteiger partial charge in [0.1, 0.15) is 6.04 Å². The van der Waals surface area contributed by atoms with Crippen molar-refractivity contribution in [3.8, 4) is 5.75 Å². The summed E-state index contributed by atoms with van der Waals surface area (Å²) in [4.78, 5) is 25.8. The Bertz CT molecular complexity index is 559. The van der Waals surface area contributed by atoms with Crippen molar-refractivity contribution in [1.29, 1.82) is 0 Å². The second-order valence-electron chi connectivity index (χ2n) is 6.13. The van der Waals surface area contributed by atoms with Gasteiger partial charge in [-0.15, -0.1) is 0 Å². The molecular formula is C17H25FN2O3. The van der Waals surface area contributed by atoms with Gasteiger partial charge in [-0.3, -0.25) is 9.59 Å². The first-order chi connectivity index (χ1) is 10.7. The largest absolute Gasteiger partial charge is 0.494 e. The molecular weight excluding hydrogens is 299 g/mol. The van der Waals surface area contributed by atoms with Crippen LogP contribution in [-0.4, -0.2) is 44.0 Å². The minimum Gasteiger partial charge on any atom is -0.494 e. The lowest BCUT2D eigenvalue weighted by molar-refractivity contribution is -0.134. The van der Waals surface area contributed by atoms with Crippen LogP contribution < -0.4 is 10.1 Å². The molecule has 1 aromatic rings. The molecule has 2 amide bonds. The van der Waals surface area contributed by atoms with Crippen molar-refractivity contribution in [2.75, 3.05) is 21.2 Å². The van der Waals surface area contributed by atoms with Crippen LogP contribution >= 0.6 is 0 Å². The molecule has 6 heteroatoms. The van der Waals surface area contributed by atoms with Crippen molar-refractivity contribution in [3.63, 3.8) is 0 Å². The highest BCUT2D eigenvalue weighted by molar-refractivity contribution is 5.88. The van der Waals surface area contributed by atoms with Crippen LogP contribution in [0.4, 0.5) is 4.39 Å². The molecule has 1 aromatic carbocycles. The summed E-state index contributed by atoms with van der Waals surface area (Å²) in [7, 11) is 4.69. The van der Waals surface area contributed by atoms with Crippen LogP contribution in [0.25, 0.3) is 0 Å². The van der Waals surface area contributed by atoms with Gasteiger partial charge in [0.05, 0.1) is 13.5 Å². The molecule has 1 atom stereocenters. The normalized spacial score (nSPS) is 12.0. The Balaban J connectivity index is 2.75. The molecule has 0 fully saturated rings. The monoisotopic (exact) mass is 324 g/mol. The summed E-state index contributed by atoms with van der Waals surface area (Å²) in [6, 6.07) is 3.81. The highest BCUT2D eigenvalue weighted by Crippen LogP contribution is 2.18. The Morgan fingerprint density at radius 1 is 1.30 bits per heavy atom. The number of halogens is 1. The number of carbonyl (C=O) groups excluding carboxylic acids is 2. The van der Waals surface area contributed by atoms with E-state index >= 15 is 0 Å². The first-order valence-corrected chi connectivity index (χ1v) is 7.57. The lowest BCUT2D eigenvalue weighted by Gasteiger charge is -2.23. The molecule has 0 aliphatic heterocycles. The fourth-order valence-electron chi connectivity index (χ4n) is 2.26. The molecule has 1 N–H and O–H groups in total. The van der Waals surface area contributed by atoms with Gasteiger partial charge in [0, 0.05) is 14.1 Å². The van der Waals surface area contributed by atoms with E-state index in [-0.39, 0.29) is 29.9 Å². The predicted molar refractivity (Wildman–Crippen MR) is 86.7 cm³/mol. The summed E-state index contributed by atoms with van der Waals surface area (Å²) in [6.45, 7) is 3.97. The average Bonchev–Trinajstić information content (AvgIpc) is 2.45. The maximum absolute atomic E-state index is 13.7. The molecule has 0 aromatic heterocycles. The van der Waals surface area contributed by atoms with E-state index in [1.165, 1.54) is 24.1 Å². The molecule has 0 aliphatic rings. The summed E-state index contributed by atoms with van der Waals surface area (Å²) in [5.74, 6) is -0.568. The van der Waals surface area contributed by atoms with Crippen LogP contribution in [0, 0.1) is 11.7 Å². The average molecular weight is 324 g/mol. The Morgan fingerprint density at radius 2 is 1.96 bits per heavy atom. The van der Waals surface area contributed by atoms with Crippen LogP contribution in [0.3, 0.4) is 0 Å². The van der Waals surface area contributed by atoms with Gasteiger partial charge in [-0.1, -0.05) is 19.9 Å². The summed E-state index contributed by atoms with van der Waals surface area (Å²) >= 11 is 0. The maximum atomic E-state index is 13.7. The Labute approximate surface area is 136 Å². The lowest BCUT2D eigenvalue weighted by Crippen LogP contribution is -2.47. The quantitative estimate of drug-likeness (QED) is 0.834. The lowest BCUT2D eigenvalue weighted by atomic mass is 10.0. The minimum atomic E-state index is -0.569. The summed E-state index contributed by atoms with van der Waals surface area (Å²) in [5, 5.41) is 2.74. The highest BCUT2D eigenvalue weighted by Gasteiger charge is 2.23. The highest BCUT2D eigenvalue weighted by atomic mass is 19.1. The number of nitrogens with zero attached hydrogens (tertiary/aromatic N) is 1. The Kier molecular flexibility index (Phi) is 7.00. The third-order valence-corrected chi connectivity index (χ3v) is 3.36. The fraction of sp³-hybridized carbons (Fsp3) is 0.529. The third kappa shape index (κ3) is 5.88. The topological polar surface area (TPSA) is 58.6 Å². The van der Waals surface area contributed by atoms with Crippen LogP contribution in [0.5, 0.6) is 5.75 Å². The first kappa shape index (κ1) is 18.9. The number of ether oxygens (including phenoxy) is 1. The number of nitrogens with one attached hydrogen (secondary N) is 1. The van der Waals surface area contributed by atoms with Crippen molar-refractivity contribution in [1.82, 2.24) is 10.2 Å². The number of benzene rings is 1. The molecule has 128 valence electrons. The summed E-state index contributed by atoms with van der Waals surface area (Å²) in [5.41, 5.74) is 0.529. The SMILES string of the molecule is COc1ccc(CC(=O)N[C@H](CC(C)C)C(=O)N(C)C)cc1F. The Hall–Kier alpha value is -2.11. The molecule has 0 saturated heterocycles. The van der Waals surface area contributed by atoms with Crippen LogP contribution in [0.15, 0.2) is 18.2 Å². The van der Waals surface area contributed by atoms with E-state index in [0.29, 0.717) is 12.0 Å². The zero-order valence-electron chi connectivity index (χ0n) is 14.4. The third-order valence-electron chi connectivity index (χ3n) is 3.36. The molecule has 0 unspecified atom stereocenters. The van der Waals surface area contributed by atoms with E-state index < -0.39 is 11.9 Å². The summed E-state index contributed by atoms with van der Waals surface area (Å²) in [6.07, 6.45) is 0.565. The van der Waals surface area contributed by atoms with Gasteiger partial charge < -0.3 is 15.0 Å². The van der Waals surface area contributed by atoms with Crippen molar-refractivity contribution in [3.05, 3.63) is 29.6 Å². The van der Waals surface area contributed by atoms with E-state index in [1.807, 2.05) is 13.8 Å². The Morgan fingerprint density at radius 3 is 2.43 bits per heavy atom. The van der Waals surface area contributed by atoms with Crippen LogP contribution in [-0.2, 0) is 16.0 Å². The van der Waals surface area contributed by atoms with Gasteiger partial charge in [0.15, 0.2) is 11.6 Å². The van der Waals surface area contributed by atoms with Gasteiger partial charge in [-0.05, 0) is 30.0 Å². The molecule has 0 saturated carbocycles. The van der Waals surface area contributed by atoms with Gasteiger partial charge in [-0.2, -0.15) is 0 Å².